The van der Waals surface area contributed by atoms with Crippen molar-refractivity contribution in [3.05, 3.63) is 34.1 Å². The molecule has 1 N–H and O–H groups in total. The summed E-state index contributed by atoms with van der Waals surface area (Å²) in [6, 6.07) is 4.96. The first-order valence-electron chi connectivity index (χ1n) is 6.26. The van der Waals surface area contributed by atoms with Crippen LogP contribution in [0.3, 0.4) is 0 Å². The molecule has 0 aliphatic carbocycles. The Balaban J connectivity index is 2.20. The quantitative estimate of drug-likeness (QED) is 0.894. The molecule has 112 valence electrons. The molecule has 7 heteroatoms. The number of aromatic nitrogens is 2. The van der Waals surface area contributed by atoms with Crippen LogP contribution < -0.4 is 0 Å². The van der Waals surface area contributed by atoms with E-state index in [-0.39, 0.29) is 6.42 Å². The molecule has 21 heavy (non-hydrogen) atoms. The predicted molar refractivity (Wildman–Crippen MR) is 79.5 cm³/mol. The smallest absolute Gasteiger partial charge is 0.303 e. The van der Waals surface area contributed by atoms with Crippen molar-refractivity contribution in [2.45, 2.75) is 26.7 Å². The summed E-state index contributed by atoms with van der Waals surface area (Å²) in [4.78, 5) is 10.8. The molecule has 1 aromatic heterocycles. The normalized spacial score (nSPS) is 11.6. The number of rotatable bonds is 5. The molecular formula is C14H14Cl2N2O3. The molecule has 1 heterocycles. The largest absolute Gasteiger partial charge is 0.481 e. The van der Waals surface area contributed by atoms with Crippen molar-refractivity contribution in [1.29, 1.82) is 0 Å². The van der Waals surface area contributed by atoms with Gasteiger partial charge in [-0.1, -0.05) is 37.0 Å². The van der Waals surface area contributed by atoms with Gasteiger partial charge in [0.15, 0.2) is 0 Å². The van der Waals surface area contributed by atoms with Crippen LogP contribution in [0.2, 0.25) is 10.0 Å². The maximum atomic E-state index is 10.8. The molecule has 0 atom stereocenters. The van der Waals surface area contributed by atoms with E-state index in [0.717, 1.165) is 0 Å². The van der Waals surface area contributed by atoms with E-state index >= 15 is 0 Å². The van der Waals surface area contributed by atoms with Gasteiger partial charge in [0.25, 0.3) is 0 Å². The summed E-state index contributed by atoms with van der Waals surface area (Å²) < 4.78 is 5.56. The van der Waals surface area contributed by atoms with Crippen molar-refractivity contribution >= 4 is 29.2 Å². The van der Waals surface area contributed by atoms with Crippen LogP contribution in [0.4, 0.5) is 0 Å². The lowest BCUT2D eigenvalue weighted by Crippen LogP contribution is -2.19. The Morgan fingerprint density at radius 3 is 2.43 bits per heavy atom. The molecular weight excluding hydrogens is 315 g/mol. The summed E-state index contributed by atoms with van der Waals surface area (Å²) in [7, 11) is 0. The van der Waals surface area contributed by atoms with E-state index in [1.807, 2.05) is 13.8 Å². The fourth-order valence-electron chi connectivity index (χ4n) is 2.00. The highest BCUT2D eigenvalue weighted by atomic mass is 35.5. The van der Waals surface area contributed by atoms with E-state index in [2.05, 4.69) is 10.2 Å². The third kappa shape index (κ3) is 4.44. The van der Waals surface area contributed by atoms with E-state index in [1.165, 1.54) is 0 Å². The van der Waals surface area contributed by atoms with Gasteiger partial charge in [0.2, 0.25) is 11.8 Å². The summed E-state index contributed by atoms with van der Waals surface area (Å²) in [5.41, 5.74) is 0.157. The zero-order chi connectivity index (χ0) is 15.6. The van der Waals surface area contributed by atoms with Gasteiger partial charge in [-0.25, -0.2) is 0 Å². The lowest BCUT2D eigenvalue weighted by Gasteiger charge is -2.19. The van der Waals surface area contributed by atoms with Crippen LogP contribution >= 0.6 is 23.2 Å². The predicted octanol–water partition coefficient (Wildman–Crippen LogP) is 4.09. The van der Waals surface area contributed by atoms with Gasteiger partial charge in [0.1, 0.15) is 0 Å². The second-order valence-corrected chi connectivity index (χ2v) is 6.44. The van der Waals surface area contributed by atoms with E-state index in [1.54, 1.807) is 18.2 Å². The van der Waals surface area contributed by atoms with E-state index in [4.69, 9.17) is 32.7 Å². The van der Waals surface area contributed by atoms with Gasteiger partial charge in [-0.2, -0.15) is 0 Å². The van der Waals surface area contributed by atoms with E-state index in [0.29, 0.717) is 33.8 Å². The van der Waals surface area contributed by atoms with Crippen LogP contribution in [-0.4, -0.2) is 21.3 Å². The van der Waals surface area contributed by atoms with Crippen molar-refractivity contribution in [1.82, 2.24) is 10.2 Å². The topological polar surface area (TPSA) is 76.2 Å². The van der Waals surface area contributed by atoms with Crippen molar-refractivity contribution in [3.8, 4) is 11.5 Å². The Kier molecular flexibility index (Phi) is 4.54. The number of benzene rings is 1. The first-order valence-corrected chi connectivity index (χ1v) is 7.01. The number of hydrogen-bond donors (Lipinski definition) is 1. The van der Waals surface area contributed by atoms with Crippen LogP contribution in [0.1, 0.15) is 26.2 Å². The second-order valence-electron chi connectivity index (χ2n) is 5.57. The third-order valence-corrected chi connectivity index (χ3v) is 3.27. The fourth-order valence-corrected chi connectivity index (χ4v) is 2.53. The SMILES string of the molecule is CC(C)(CC(=O)O)Cc1nnc(-c2cc(Cl)cc(Cl)c2)o1. The molecule has 0 unspecified atom stereocenters. The van der Waals surface area contributed by atoms with Crippen LogP contribution in [-0.2, 0) is 11.2 Å². The fraction of sp³-hybridized carbons (Fsp3) is 0.357. The molecule has 0 saturated heterocycles. The molecule has 0 aliphatic rings. The van der Waals surface area contributed by atoms with Crippen molar-refractivity contribution in [2.75, 3.05) is 0 Å². The highest BCUT2D eigenvalue weighted by Crippen LogP contribution is 2.29. The Morgan fingerprint density at radius 1 is 1.24 bits per heavy atom. The molecule has 0 bridgehead atoms. The minimum absolute atomic E-state index is 0.0215. The number of carbonyl (C=O) groups is 1. The number of carboxylic acid groups (broad SMARTS) is 1. The van der Waals surface area contributed by atoms with Crippen LogP contribution in [0.25, 0.3) is 11.5 Å². The van der Waals surface area contributed by atoms with Gasteiger partial charge >= 0.3 is 5.97 Å². The monoisotopic (exact) mass is 328 g/mol. The Labute approximate surface area is 131 Å². The molecule has 0 radical (unpaired) electrons. The molecule has 2 aromatic rings. The van der Waals surface area contributed by atoms with Crippen LogP contribution in [0.15, 0.2) is 22.6 Å². The minimum Gasteiger partial charge on any atom is -0.481 e. The maximum Gasteiger partial charge on any atom is 0.303 e. The lowest BCUT2D eigenvalue weighted by atomic mass is 9.86. The minimum atomic E-state index is -0.860. The summed E-state index contributed by atoms with van der Waals surface area (Å²) in [6.45, 7) is 3.67. The summed E-state index contributed by atoms with van der Waals surface area (Å²) in [6.07, 6.45) is 0.397. The third-order valence-electron chi connectivity index (χ3n) is 2.84. The summed E-state index contributed by atoms with van der Waals surface area (Å²) in [5, 5.41) is 17.7. The average molecular weight is 329 g/mol. The van der Waals surface area contributed by atoms with E-state index < -0.39 is 11.4 Å². The molecule has 0 saturated carbocycles. The van der Waals surface area contributed by atoms with Crippen molar-refractivity contribution in [2.24, 2.45) is 5.41 Å². The molecule has 1 aromatic carbocycles. The van der Waals surface area contributed by atoms with Crippen LogP contribution in [0.5, 0.6) is 0 Å². The molecule has 0 spiro atoms. The van der Waals surface area contributed by atoms with Gasteiger partial charge in [-0.3, -0.25) is 4.79 Å². The standard InChI is InChI=1S/C14H14Cl2N2O3/c1-14(2,7-12(19)20)6-11-17-18-13(21-11)8-3-9(15)5-10(16)4-8/h3-5H,6-7H2,1-2H3,(H,19,20). The van der Waals surface area contributed by atoms with Crippen LogP contribution in [0, 0.1) is 5.41 Å². The molecule has 0 fully saturated rings. The number of nitrogens with zero attached hydrogens (tertiary/aromatic N) is 2. The first kappa shape index (κ1) is 15.8. The number of aliphatic carboxylic acids is 1. The Hall–Kier alpha value is -1.59. The zero-order valence-corrected chi connectivity index (χ0v) is 13.1. The second kappa shape index (κ2) is 6.03. The van der Waals surface area contributed by atoms with Gasteiger partial charge < -0.3 is 9.52 Å². The summed E-state index contributed by atoms with van der Waals surface area (Å²) >= 11 is 11.9. The van der Waals surface area contributed by atoms with Gasteiger partial charge in [0.05, 0.1) is 6.42 Å². The Bertz CT molecular complexity index is 648. The van der Waals surface area contributed by atoms with Gasteiger partial charge in [-0.05, 0) is 23.6 Å². The lowest BCUT2D eigenvalue weighted by molar-refractivity contribution is -0.139. The van der Waals surface area contributed by atoms with Gasteiger partial charge in [0, 0.05) is 22.0 Å². The highest BCUT2D eigenvalue weighted by Gasteiger charge is 2.25. The van der Waals surface area contributed by atoms with Crippen molar-refractivity contribution < 1.29 is 14.3 Å². The molecule has 5 nitrogen and oxygen atoms in total. The van der Waals surface area contributed by atoms with Gasteiger partial charge in [-0.15, -0.1) is 10.2 Å². The highest BCUT2D eigenvalue weighted by molar-refractivity contribution is 6.35. The first-order chi connectivity index (χ1) is 9.75. The maximum absolute atomic E-state index is 10.8. The number of halogens is 2. The van der Waals surface area contributed by atoms with Crippen molar-refractivity contribution in [3.63, 3.8) is 0 Å². The summed E-state index contributed by atoms with van der Waals surface area (Å²) in [5.74, 6) is -0.172. The Morgan fingerprint density at radius 2 is 1.86 bits per heavy atom. The average Bonchev–Trinajstić information content (AvgIpc) is 2.73. The molecule has 0 aliphatic heterocycles. The van der Waals surface area contributed by atoms with E-state index in [9.17, 15) is 4.79 Å². The number of carboxylic acids is 1. The number of hydrogen-bond acceptors (Lipinski definition) is 4. The zero-order valence-electron chi connectivity index (χ0n) is 11.6. The molecule has 0 amide bonds. The molecule has 2 rings (SSSR count).